The predicted molar refractivity (Wildman–Crippen MR) is 100 cm³/mol. The quantitative estimate of drug-likeness (QED) is 0.425. The third-order valence-electron chi connectivity index (χ3n) is 5.39. The lowest BCUT2D eigenvalue weighted by Crippen LogP contribution is -2.35. The van der Waals surface area contributed by atoms with Crippen LogP contribution in [-0.4, -0.2) is 53.2 Å². The van der Waals surface area contributed by atoms with Gasteiger partial charge in [-0.15, -0.1) is 0 Å². The third-order valence-corrected chi connectivity index (χ3v) is 5.78. The highest BCUT2D eigenvalue weighted by molar-refractivity contribution is 6.32. The molecule has 3 saturated heterocycles. The number of aromatic nitrogens is 1. The van der Waals surface area contributed by atoms with Crippen molar-refractivity contribution in [3.63, 3.8) is 0 Å². The van der Waals surface area contributed by atoms with Gasteiger partial charge >= 0.3 is 6.09 Å². The number of halogens is 2. The van der Waals surface area contributed by atoms with Crippen LogP contribution in [-0.2, 0) is 19.1 Å². The molecule has 4 atom stereocenters. The van der Waals surface area contributed by atoms with Crippen molar-refractivity contribution in [2.24, 2.45) is 11.8 Å². The van der Waals surface area contributed by atoms with E-state index in [1.54, 1.807) is 0 Å². The molecule has 3 amide bonds. The average molecular weight is 428 g/mol. The van der Waals surface area contributed by atoms with E-state index in [-0.39, 0.29) is 52.8 Å². The van der Waals surface area contributed by atoms with Crippen LogP contribution in [0, 0.1) is 11.8 Å². The highest BCUT2D eigenvalue weighted by atomic mass is 35.5. The van der Waals surface area contributed by atoms with E-state index in [0.29, 0.717) is 25.1 Å². The Morgan fingerprint density at radius 3 is 2.36 bits per heavy atom. The highest BCUT2D eigenvalue weighted by Gasteiger charge is 2.62. The smallest absolute Gasteiger partial charge is 0.411 e. The number of rotatable bonds is 6. The summed E-state index contributed by atoms with van der Waals surface area (Å²) in [5.74, 6) is -0.834. The van der Waals surface area contributed by atoms with Crippen LogP contribution in [0.25, 0.3) is 0 Å². The summed E-state index contributed by atoms with van der Waals surface area (Å²) in [4.78, 5) is 42.0. The molecule has 3 aliphatic rings. The Balaban J connectivity index is 1.19. The topological polar surface area (TPSA) is 97.8 Å². The lowest BCUT2D eigenvalue weighted by atomic mass is 9.81. The maximum absolute atomic E-state index is 12.5. The number of ether oxygens (including phenoxy) is 2. The Hall–Kier alpha value is -1.90. The van der Waals surface area contributed by atoms with Gasteiger partial charge in [-0.25, -0.2) is 9.78 Å². The Bertz CT molecular complexity index is 772. The molecule has 3 fully saturated rings. The normalized spacial score (nSPS) is 28.0. The highest BCUT2D eigenvalue weighted by Crippen LogP contribution is 2.48. The molecule has 0 spiro atoms. The molecule has 0 radical (unpaired) electrons. The number of nitrogens with zero attached hydrogens (tertiary/aromatic N) is 2. The Labute approximate surface area is 171 Å². The summed E-state index contributed by atoms with van der Waals surface area (Å²) in [6, 6.07) is 2.90. The number of hydrogen-bond donors (Lipinski definition) is 1. The van der Waals surface area contributed by atoms with Crippen molar-refractivity contribution in [2.75, 3.05) is 18.5 Å². The molecule has 1 N–H and O–H groups in total. The molecule has 4 heterocycles. The van der Waals surface area contributed by atoms with Crippen LogP contribution in [0.5, 0.6) is 0 Å². The summed E-state index contributed by atoms with van der Waals surface area (Å²) in [5, 5.41) is 2.83. The van der Waals surface area contributed by atoms with E-state index >= 15 is 0 Å². The zero-order chi connectivity index (χ0) is 19.8. The lowest BCUT2D eigenvalue weighted by molar-refractivity contribution is -0.142. The van der Waals surface area contributed by atoms with Crippen molar-refractivity contribution < 1.29 is 23.9 Å². The first kappa shape index (κ1) is 19.4. The first-order valence-electron chi connectivity index (χ1n) is 9.21. The van der Waals surface area contributed by atoms with E-state index in [1.165, 1.54) is 17.0 Å². The van der Waals surface area contributed by atoms with Crippen LogP contribution in [0.1, 0.15) is 25.7 Å². The van der Waals surface area contributed by atoms with Crippen molar-refractivity contribution in [1.29, 1.82) is 0 Å². The number of anilines is 1. The van der Waals surface area contributed by atoms with Gasteiger partial charge in [-0.2, -0.15) is 0 Å². The van der Waals surface area contributed by atoms with Crippen LogP contribution < -0.4 is 5.32 Å². The number of unbranched alkanes of at least 4 members (excludes halogenated alkanes) is 1. The number of carbonyl (C=O) groups excluding carboxylic acids is 3. The van der Waals surface area contributed by atoms with Gasteiger partial charge in [-0.05, 0) is 37.8 Å². The number of hydrogen-bond acceptors (Lipinski definition) is 6. The SMILES string of the molecule is O=C(Nc1cc(Cl)nc(Cl)c1)OCCCCN1C(=O)C2C3CCC(O3)C2C1=O. The van der Waals surface area contributed by atoms with Gasteiger partial charge in [0.15, 0.2) is 0 Å². The van der Waals surface area contributed by atoms with Gasteiger partial charge < -0.3 is 9.47 Å². The Morgan fingerprint density at radius 1 is 1.14 bits per heavy atom. The number of likely N-dealkylation sites (tertiary alicyclic amines) is 1. The number of fused-ring (bicyclic) bond motifs is 5. The third kappa shape index (κ3) is 3.68. The van der Waals surface area contributed by atoms with Gasteiger partial charge in [0.25, 0.3) is 0 Å². The van der Waals surface area contributed by atoms with Gasteiger partial charge in [0.05, 0.1) is 36.3 Å². The first-order valence-corrected chi connectivity index (χ1v) is 9.97. The monoisotopic (exact) mass is 427 g/mol. The molecule has 0 saturated carbocycles. The van der Waals surface area contributed by atoms with E-state index in [1.807, 2.05) is 0 Å². The zero-order valence-corrected chi connectivity index (χ0v) is 16.4. The second-order valence-electron chi connectivity index (χ2n) is 7.14. The molecule has 0 aliphatic carbocycles. The molecular weight excluding hydrogens is 409 g/mol. The average Bonchev–Trinajstić information content (AvgIpc) is 3.29. The summed E-state index contributed by atoms with van der Waals surface area (Å²) < 4.78 is 10.8. The van der Waals surface area contributed by atoms with Crippen LogP contribution in [0.15, 0.2) is 12.1 Å². The van der Waals surface area contributed by atoms with Gasteiger partial charge in [-0.1, -0.05) is 23.2 Å². The molecule has 2 bridgehead atoms. The molecule has 28 heavy (non-hydrogen) atoms. The zero-order valence-electron chi connectivity index (χ0n) is 14.9. The first-order chi connectivity index (χ1) is 13.4. The second-order valence-corrected chi connectivity index (χ2v) is 7.91. The molecule has 4 rings (SSSR count). The van der Waals surface area contributed by atoms with Crippen molar-refractivity contribution in [3.05, 3.63) is 22.4 Å². The molecule has 1 aromatic heterocycles. The minimum atomic E-state index is -0.644. The number of amides is 3. The fourth-order valence-corrected chi connectivity index (χ4v) is 4.68. The number of carbonyl (C=O) groups is 3. The van der Waals surface area contributed by atoms with Crippen LogP contribution in [0.4, 0.5) is 10.5 Å². The van der Waals surface area contributed by atoms with Gasteiger partial charge in [-0.3, -0.25) is 19.8 Å². The minimum absolute atomic E-state index is 0.0985. The predicted octanol–water partition coefficient (Wildman–Crippen LogP) is 2.88. The summed E-state index contributed by atoms with van der Waals surface area (Å²) in [5.41, 5.74) is 0.381. The summed E-state index contributed by atoms with van der Waals surface area (Å²) >= 11 is 11.5. The fraction of sp³-hybridized carbons (Fsp3) is 0.556. The lowest BCUT2D eigenvalue weighted by Gasteiger charge is -2.17. The molecule has 10 heteroatoms. The van der Waals surface area contributed by atoms with Crippen LogP contribution in [0.3, 0.4) is 0 Å². The number of imide groups is 1. The largest absolute Gasteiger partial charge is 0.449 e. The second kappa shape index (κ2) is 7.85. The van der Waals surface area contributed by atoms with Crippen LogP contribution in [0.2, 0.25) is 10.3 Å². The maximum Gasteiger partial charge on any atom is 0.411 e. The molecular formula is C18H19Cl2N3O5. The summed E-state index contributed by atoms with van der Waals surface area (Å²) in [6.07, 6.45) is 1.96. The van der Waals surface area contributed by atoms with Gasteiger partial charge in [0.2, 0.25) is 11.8 Å². The van der Waals surface area contributed by atoms with E-state index < -0.39 is 6.09 Å². The molecule has 3 aliphatic heterocycles. The van der Waals surface area contributed by atoms with E-state index in [4.69, 9.17) is 32.7 Å². The number of nitrogens with one attached hydrogen (secondary N) is 1. The minimum Gasteiger partial charge on any atom is -0.449 e. The Morgan fingerprint density at radius 2 is 1.75 bits per heavy atom. The molecule has 150 valence electrons. The van der Waals surface area contributed by atoms with Crippen molar-refractivity contribution in [1.82, 2.24) is 9.88 Å². The number of pyridine rings is 1. The fourth-order valence-electron chi connectivity index (χ4n) is 4.22. The Kier molecular flexibility index (Phi) is 5.44. The summed E-state index contributed by atoms with van der Waals surface area (Å²) in [7, 11) is 0. The standard InChI is InChI=1S/C18H19Cl2N3O5/c19-12-7-9(8-13(20)22-12)21-18(26)27-6-2-1-5-23-16(24)14-10-3-4-11(28-10)15(14)17(23)25/h7-8,10-11,14-15H,1-6H2,(H,21,22,26). The van der Waals surface area contributed by atoms with Gasteiger partial charge in [0, 0.05) is 6.54 Å². The summed E-state index contributed by atoms with van der Waals surface area (Å²) in [6.45, 7) is 0.500. The molecule has 0 aromatic carbocycles. The van der Waals surface area contributed by atoms with Gasteiger partial charge in [0.1, 0.15) is 10.3 Å². The van der Waals surface area contributed by atoms with E-state index in [0.717, 1.165) is 12.8 Å². The van der Waals surface area contributed by atoms with E-state index in [9.17, 15) is 14.4 Å². The van der Waals surface area contributed by atoms with Crippen molar-refractivity contribution >= 4 is 46.8 Å². The molecule has 1 aromatic rings. The maximum atomic E-state index is 12.5. The van der Waals surface area contributed by atoms with Crippen LogP contribution >= 0.6 is 23.2 Å². The van der Waals surface area contributed by atoms with Crippen molar-refractivity contribution in [2.45, 2.75) is 37.9 Å². The molecule has 8 nitrogen and oxygen atoms in total. The van der Waals surface area contributed by atoms with Crippen molar-refractivity contribution in [3.8, 4) is 0 Å². The van der Waals surface area contributed by atoms with E-state index in [2.05, 4.69) is 10.3 Å². The molecule has 4 unspecified atom stereocenters.